The van der Waals surface area contributed by atoms with Gasteiger partial charge in [0.15, 0.2) is 0 Å². The fraction of sp³-hybridized carbons (Fsp3) is 0.222. The van der Waals surface area contributed by atoms with E-state index in [2.05, 4.69) is 16.2 Å². The Morgan fingerprint density at radius 2 is 1.84 bits per heavy atom. The van der Waals surface area contributed by atoms with Crippen molar-refractivity contribution < 1.29 is 14.3 Å². The molecule has 1 saturated heterocycles. The predicted octanol–water partition coefficient (Wildman–Crippen LogP) is 2.67. The van der Waals surface area contributed by atoms with E-state index in [0.29, 0.717) is 22.7 Å². The lowest BCUT2D eigenvalue weighted by Crippen LogP contribution is -2.39. The van der Waals surface area contributed by atoms with E-state index in [0.717, 1.165) is 5.56 Å². The summed E-state index contributed by atoms with van der Waals surface area (Å²) in [7, 11) is 1.30. The molecule has 2 atom stereocenters. The number of carbonyl (C=O) groups is 2. The van der Waals surface area contributed by atoms with Gasteiger partial charge in [0.05, 0.1) is 18.4 Å². The van der Waals surface area contributed by atoms with Gasteiger partial charge in [-0.1, -0.05) is 41.9 Å². The van der Waals surface area contributed by atoms with Crippen LogP contribution in [0, 0.1) is 0 Å². The standard InChI is InChI=1S/C18H18ClN3O3/c1-25-18(24)12-7-3-5-9-14(12)20-17(23)16-10-15(21-22-16)11-6-2-4-8-13(11)19/h2-9,15-16,21-22H,10H2,1H3,(H,20,23). The fourth-order valence-corrected chi connectivity index (χ4v) is 3.06. The van der Waals surface area contributed by atoms with Crippen LogP contribution in [0.4, 0.5) is 5.69 Å². The molecule has 1 amide bonds. The van der Waals surface area contributed by atoms with Crippen molar-refractivity contribution in [2.75, 3.05) is 12.4 Å². The number of hydrogen-bond donors (Lipinski definition) is 3. The van der Waals surface area contributed by atoms with Crippen molar-refractivity contribution in [3.8, 4) is 0 Å². The van der Waals surface area contributed by atoms with Gasteiger partial charge >= 0.3 is 5.97 Å². The molecule has 2 aromatic rings. The summed E-state index contributed by atoms with van der Waals surface area (Å²) < 4.78 is 4.74. The summed E-state index contributed by atoms with van der Waals surface area (Å²) in [6, 6.07) is 13.7. The quantitative estimate of drug-likeness (QED) is 0.731. The summed E-state index contributed by atoms with van der Waals surface area (Å²) in [5, 5.41) is 3.43. The van der Waals surface area contributed by atoms with Gasteiger partial charge in [0, 0.05) is 11.1 Å². The van der Waals surface area contributed by atoms with E-state index < -0.39 is 12.0 Å². The Morgan fingerprint density at radius 3 is 2.60 bits per heavy atom. The molecule has 1 heterocycles. The Morgan fingerprint density at radius 1 is 1.12 bits per heavy atom. The highest BCUT2D eigenvalue weighted by Gasteiger charge is 2.31. The number of nitrogens with one attached hydrogen (secondary N) is 3. The summed E-state index contributed by atoms with van der Waals surface area (Å²) >= 11 is 6.21. The highest BCUT2D eigenvalue weighted by atomic mass is 35.5. The first kappa shape index (κ1) is 17.4. The molecule has 0 aromatic heterocycles. The van der Waals surface area contributed by atoms with Gasteiger partial charge in [-0.25, -0.2) is 15.6 Å². The third-order valence-electron chi connectivity index (χ3n) is 4.09. The van der Waals surface area contributed by atoms with Gasteiger partial charge in [0.1, 0.15) is 6.04 Å². The number of anilines is 1. The molecular weight excluding hydrogens is 342 g/mol. The van der Waals surface area contributed by atoms with Crippen molar-refractivity contribution in [2.45, 2.75) is 18.5 Å². The van der Waals surface area contributed by atoms with Gasteiger partial charge in [-0.3, -0.25) is 4.79 Å². The van der Waals surface area contributed by atoms with E-state index >= 15 is 0 Å². The molecule has 130 valence electrons. The van der Waals surface area contributed by atoms with Crippen LogP contribution in [0.25, 0.3) is 0 Å². The zero-order valence-electron chi connectivity index (χ0n) is 13.6. The average molecular weight is 360 g/mol. The molecule has 6 nitrogen and oxygen atoms in total. The summed E-state index contributed by atoms with van der Waals surface area (Å²) in [5.74, 6) is -0.735. The number of rotatable bonds is 4. The third kappa shape index (κ3) is 3.82. The van der Waals surface area contributed by atoms with Crippen LogP contribution in [0.15, 0.2) is 48.5 Å². The minimum absolute atomic E-state index is 0.0692. The third-order valence-corrected chi connectivity index (χ3v) is 4.43. The molecule has 2 unspecified atom stereocenters. The van der Waals surface area contributed by atoms with Crippen molar-refractivity contribution in [2.24, 2.45) is 0 Å². The van der Waals surface area contributed by atoms with E-state index in [1.165, 1.54) is 7.11 Å². The van der Waals surface area contributed by atoms with E-state index in [-0.39, 0.29) is 11.9 Å². The first-order chi connectivity index (χ1) is 12.1. The zero-order valence-corrected chi connectivity index (χ0v) is 14.3. The SMILES string of the molecule is COC(=O)c1ccccc1NC(=O)C1CC(c2ccccc2Cl)NN1. The highest BCUT2D eigenvalue weighted by molar-refractivity contribution is 6.31. The fourth-order valence-electron chi connectivity index (χ4n) is 2.79. The lowest BCUT2D eigenvalue weighted by molar-refractivity contribution is -0.117. The number of hydrazine groups is 1. The van der Waals surface area contributed by atoms with Gasteiger partial charge in [-0.2, -0.15) is 0 Å². The number of ether oxygens (including phenoxy) is 1. The van der Waals surface area contributed by atoms with Gasteiger partial charge in [-0.05, 0) is 30.2 Å². The lowest BCUT2D eigenvalue weighted by atomic mass is 10.0. The number of hydrogen-bond acceptors (Lipinski definition) is 5. The molecule has 0 aliphatic carbocycles. The smallest absolute Gasteiger partial charge is 0.339 e. The average Bonchev–Trinajstić information content (AvgIpc) is 3.12. The largest absolute Gasteiger partial charge is 0.465 e. The Kier molecular flexibility index (Phi) is 5.33. The molecule has 3 rings (SSSR count). The van der Waals surface area contributed by atoms with E-state index in [9.17, 15) is 9.59 Å². The van der Waals surface area contributed by atoms with Crippen molar-refractivity contribution in [3.63, 3.8) is 0 Å². The van der Waals surface area contributed by atoms with Crippen LogP contribution in [0.5, 0.6) is 0 Å². The Labute approximate surface area is 150 Å². The summed E-state index contributed by atoms with van der Waals surface area (Å²) in [6.45, 7) is 0. The van der Waals surface area contributed by atoms with Gasteiger partial charge in [0.2, 0.25) is 5.91 Å². The van der Waals surface area contributed by atoms with Gasteiger partial charge in [-0.15, -0.1) is 0 Å². The monoisotopic (exact) mass is 359 g/mol. The minimum atomic E-state index is -0.498. The molecule has 25 heavy (non-hydrogen) atoms. The molecule has 0 bridgehead atoms. The normalized spacial score (nSPS) is 19.4. The number of methoxy groups -OCH3 is 1. The molecular formula is C18H18ClN3O3. The second-order valence-corrected chi connectivity index (χ2v) is 6.08. The molecule has 1 aliphatic rings. The number of amides is 1. The number of para-hydroxylation sites is 1. The van der Waals surface area contributed by atoms with Gasteiger partial charge < -0.3 is 10.1 Å². The maximum atomic E-state index is 12.5. The number of carbonyl (C=O) groups excluding carboxylic acids is 2. The maximum Gasteiger partial charge on any atom is 0.339 e. The Hall–Kier alpha value is -2.41. The highest BCUT2D eigenvalue weighted by Crippen LogP contribution is 2.28. The van der Waals surface area contributed by atoms with Crippen LogP contribution in [0.3, 0.4) is 0 Å². The van der Waals surface area contributed by atoms with Crippen molar-refractivity contribution in [1.29, 1.82) is 0 Å². The first-order valence-corrected chi connectivity index (χ1v) is 8.21. The number of halogens is 1. The lowest BCUT2D eigenvalue weighted by Gasteiger charge is -2.13. The van der Waals surface area contributed by atoms with Gasteiger partial charge in [0.25, 0.3) is 0 Å². The second-order valence-electron chi connectivity index (χ2n) is 5.68. The first-order valence-electron chi connectivity index (χ1n) is 7.84. The molecule has 2 aromatic carbocycles. The van der Waals surface area contributed by atoms with E-state index in [1.807, 2.05) is 24.3 Å². The summed E-state index contributed by atoms with van der Waals surface area (Å²) in [6.07, 6.45) is 0.538. The zero-order chi connectivity index (χ0) is 17.8. The summed E-state index contributed by atoms with van der Waals surface area (Å²) in [4.78, 5) is 24.3. The van der Waals surface area contributed by atoms with Crippen molar-refractivity contribution >= 4 is 29.2 Å². The van der Waals surface area contributed by atoms with Crippen LogP contribution < -0.4 is 16.2 Å². The number of esters is 1. The molecule has 1 fully saturated rings. The van der Waals surface area contributed by atoms with Crippen LogP contribution in [-0.4, -0.2) is 25.0 Å². The Bertz CT molecular complexity index is 797. The van der Waals surface area contributed by atoms with Crippen LogP contribution in [0.1, 0.15) is 28.4 Å². The molecule has 7 heteroatoms. The molecule has 1 aliphatic heterocycles. The van der Waals surface area contributed by atoms with E-state index in [4.69, 9.17) is 16.3 Å². The predicted molar refractivity (Wildman–Crippen MR) is 95.3 cm³/mol. The molecule has 3 N–H and O–H groups in total. The topological polar surface area (TPSA) is 79.5 Å². The second kappa shape index (κ2) is 7.65. The Balaban J connectivity index is 1.70. The van der Waals surface area contributed by atoms with Crippen molar-refractivity contribution in [3.05, 3.63) is 64.7 Å². The molecule has 0 spiro atoms. The molecule has 0 saturated carbocycles. The van der Waals surface area contributed by atoms with Crippen LogP contribution in [0.2, 0.25) is 5.02 Å². The van der Waals surface area contributed by atoms with Crippen LogP contribution in [-0.2, 0) is 9.53 Å². The minimum Gasteiger partial charge on any atom is -0.465 e. The number of benzene rings is 2. The molecule has 0 radical (unpaired) electrons. The maximum absolute atomic E-state index is 12.5. The van der Waals surface area contributed by atoms with E-state index in [1.54, 1.807) is 24.3 Å². The van der Waals surface area contributed by atoms with Crippen molar-refractivity contribution in [1.82, 2.24) is 10.9 Å². The van der Waals surface area contributed by atoms with Crippen LogP contribution >= 0.6 is 11.6 Å². The summed E-state index contributed by atoms with van der Waals surface area (Å²) in [5.41, 5.74) is 7.73.